The largest absolute Gasteiger partial charge is 0.481 e. The first-order valence-corrected chi connectivity index (χ1v) is 6.95. The van der Waals surface area contributed by atoms with Gasteiger partial charge in [0.2, 0.25) is 0 Å². The Balaban J connectivity index is 1.80. The summed E-state index contributed by atoms with van der Waals surface area (Å²) in [5.41, 5.74) is 2.74. The summed E-state index contributed by atoms with van der Waals surface area (Å²) in [5.74, 6) is -1.21. The fourth-order valence-electron chi connectivity index (χ4n) is 3.08. The summed E-state index contributed by atoms with van der Waals surface area (Å²) in [6.45, 7) is 2.08. The predicted octanol–water partition coefficient (Wildman–Crippen LogP) is 2.45. The molecule has 1 aliphatic heterocycles. The predicted molar refractivity (Wildman–Crippen MR) is 74.2 cm³/mol. The van der Waals surface area contributed by atoms with Gasteiger partial charge in [-0.3, -0.25) is 9.59 Å². The molecule has 1 aromatic carbocycles. The van der Waals surface area contributed by atoms with Gasteiger partial charge in [0, 0.05) is 17.8 Å². The van der Waals surface area contributed by atoms with Crippen molar-refractivity contribution in [3.63, 3.8) is 0 Å². The summed E-state index contributed by atoms with van der Waals surface area (Å²) in [6, 6.07) is 7.65. The number of fused-ring (bicyclic) bond motifs is 2. The standard InChI is InChI=1S/C16H17NO3/c1-2-10-3-5-11(6-4-10)15(18)17-9-12-7-13(17)8-14(12)16(19)20/h3-6,9,13-14H,2,7-8H2,1H3,(H,19,20). The maximum Gasteiger partial charge on any atom is 0.310 e. The molecule has 0 spiro atoms. The number of hydrogen-bond donors (Lipinski definition) is 1. The summed E-state index contributed by atoms with van der Waals surface area (Å²) in [4.78, 5) is 25.2. The Hall–Kier alpha value is -2.10. The highest BCUT2D eigenvalue weighted by atomic mass is 16.4. The lowest BCUT2D eigenvalue weighted by atomic mass is 10.0. The normalized spacial score (nSPS) is 23.9. The highest BCUT2D eigenvalue weighted by molar-refractivity contribution is 5.96. The summed E-state index contributed by atoms with van der Waals surface area (Å²) >= 11 is 0. The molecule has 4 nitrogen and oxygen atoms in total. The fourth-order valence-corrected chi connectivity index (χ4v) is 3.08. The van der Waals surface area contributed by atoms with Gasteiger partial charge < -0.3 is 10.0 Å². The second-order valence-electron chi connectivity index (χ2n) is 5.45. The Morgan fingerprint density at radius 1 is 1.30 bits per heavy atom. The van der Waals surface area contributed by atoms with E-state index in [0.717, 1.165) is 12.0 Å². The molecule has 1 aromatic rings. The molecule has 20 heavy (non-hydrogen) atoms. The second kappa shape index (κ2) is 4.78. The van der Waals surface area contributed by atoms with E-state index in [1.807, 2.05) is 24.3 Å². The lowest BCUT2D eigenvalue weighted by Crippen LogP contribution is -2.35. The van der Waals surface area contributed by atoms with Crippen LogP contribution in [0.4, 0.5) is 0 Å². The van der Waals surface area contributed by atoms with Crippen LogP contribution in [-0.4, -0.2) is 27.9 Å². The Labute approximate surface area is 117 Å². The molecule has 1 heterocycles. The SMILES string of the molecule is CCc1ccc(C(=O)N2C=C3CC2CC3C(=O)O)cc1. The van der Waals surface area contributed by atoms with Crippen molar-refractivity contribution >= 4 is 11.9 Å². The third-order valence-electron chi connectivity index (χ3n) is 4.27. The van der Waals surface area contributed by atoms with Crippen molar-refractivity contribution in [2.24, 2.45) is 5.92 Å². The van der Waals surface area contributed by atoms with Gasteiger partial charge in [0.05, 0.1) is 5.92 Å². The van der Waals surface area contributed by atoms with E-state index in [-0.39, 0.29) is 11.9 Å². The number of benzene rings is 1. The monoisotopic (exact) mass is 271 g/mol. The summed E-state index contributed by atoms with van der Waals surface area (Å²) in [7, 11) is 0. The van der Waals surface area contributed by atoms with E-state index in [4.69, 9.17) is 5.11 Å². The van der Waals surface area contributed by atoms with Crippen molar-refractivity contribution in [2.45, 2.75) is 32.2 Å². The molecule has 1 N–H and O–H groups in total. The number of aliphatic carboxylic acids is 1. The molecule has 0 saturated heterocycles. The third-order valence-corrected chi connectivity index (χ3v) is 4.27. The van der Waals surface area contributed by atoms with Gasteiger partial charge in [0.15, 0.2) is 0 Å². The number of amides is 1. The molecule has 0 radical (unpaired) electrons. The van der Waals surface area contributed by atoms with Gasteiger partial charge >= 0.3 is 5.97 Å². The second-order valence-corrected chi connectivity index (χ2v) is 5.45. The van der Waals surface area contributed by atoms with Gasteiger partial charge in [-0.05, 0) is 42.5 Å². The van der Waals surface area contributed by atoms with Crippen LogP contribution >= 0.6 is 0 Å². The van der Waals surface area contributed by atoms with E-state index in [0.29, 0.717) is 18.4 Å². The molecule has 1 amide bonds. The lowest BCUT2D eigenvalue weighted by molar-refractivity contribution is -0.140. The van der Waals surface area contributed by atoms with Crippen molar-refractivity contribution < 1.29 is 14.7 Å². The van der Waals surface area contributed by atoms with Crippen molar-refractivity contribution in [3.8, 4) is 0 Å². The van der Waals surface area contributed by atoms with Gasteiger partial charge in [0.1, 0.15) is 0 Å². The Bertz CT molecular complexity index is 588. The molecule has 2 atom stereocenters. The molecule has 1 saturated carbocycles. The van der Waals surface area contributed by atoms with Crippen LogP contribution < -0.4 is 0 Å². The Morgan fingerprint density at radius 2 is 2.00 bits per heavy atom. The van der Waals surface area contributed by atoms with E-state index >= 15 is 0 Å². The molecular formula is C16H17NO3. The van der Waals surface area contributed by atoms with Crippen LogP contribution in [0.15, 0.2) is 36.0 Å². The molecule has 0 aromatic heterocycles. The van der Waals surface area contributed by atoms with Crippen molar-refractivity contribution in [1.82, 2.24) is 4.90 Å². The van der Waals surface area contributed by atoms with Crippen molar-refractivity contribution in [3.05, 3.63) is 47.2 Å². The molecule has 4 heteroatoms. The molecule has 104 valence electrons. The maximum atomic E-state index is 12.4. The first-order chi connectivity index (χ1) is 9.60. The van der Waals surface area contributed by atoms with Crippen LogP contribution in [0.5, 0.6) is 0 Å². The Kier molecular flexibility index (Phi) is 3.08. The quantitative estimate of drug-likeness (QED) is 0.918. The summed E-state index contributed by atoms with van der Waals surface area (Å²) < 4.78 is 0. The number of carbonyl (C=O) groups excluding carboxylic acids is 1. The topological polar surface area (TPSA) is 57.6 Å². The van der Waals surface area contributed by atoms with Gasteiger partial charge in [-0.25, -0.2) is 0 Å². The molecule has 1 aliphatic carbocycles. The van der Waals surface area contributed by atoms with E-state index in [2.05, 4.69) is 6.92 Å². The van der Waals surface area contributed by atoms with E-state index in [9.17, 15) is 9.59 Å². The first kappa shape index (κ1) is 12.9. The first-order valence-electron chi connectivity index (χ1n) is 6.95. The van der Waals surface area contributed by atoms with E-state index in [1.165, 1.54) is 5.56 Å². The molecule has 2 bridgehead atoms. The van der Waals surface area contributed by atoms with Crippen molar-refractivity contribution in [1.29, 1.82) is 0 Å². The van der Waals surface area contributed by atoms with Crippen LogP contribution in [0.2, 0.25) is 0 Å². The highest BCUT2D eigenvalue weighted by Crippen LogP contribution is 2.41. The van der Waals surface area contributed by atoms with Crippen LogP contribution in [0.1, 0.15) is 35.7 Å². The summed E-state index contributed by atoms with van der Waals surface area (Å²) in [5, 5.41) is 9.09. The summed E-state index contributed by atoms with van der Waals surface area (Å²) in [6.07, 6.45) is 3.93. The highest BCUT2D eigenvalue weighted by Gasteiger charge is 2.43. The number of carbonyl (C=O) groups is 2. The van der Waals surface area contributed by atoms with Gasteiger partial charge in [-0.2, -0.15) is 0 Å². The van der Waals surface area contributed by atoms with E-state index in [1.54, 1.807) is 11.1 Å². The van der Waals surface area contributed by atoms with Gasteiger partial charge in [-0.15, -0.1) is 0 Å². The fraction of sp³-hybridized carbons (Fsp3) is 0.375. The molecular weight excluding hydrogens is 254 g/mol. The minimum atomic E-state index is -0.779. The zero-order valence-electron chi connectivity index (χ0n) is 11.4. The van der Waals surface area contributed by atoms with Gasteiger partial charge in [-0.1, -0.05) is 19.1 Å². The average Bonchev–Trinajstić information content (AvgIpc) is 3.06. The number of carboxylic acids is 1. The minimum absolute atomic E-state index is 0.0180. The lowest BCUT2D eigenvalue weighted by Gasteiger charge is -2.25. The third kappa shape index (κ3) is 2.01. The number of carboxylic acid groups (broad SMARTS) is 1. The van der Waals surface area contributed by atoms with Crippen molar-refractivity contribution in [2.75, 3.05) is 0 Å². The van der Waals surface area contributed by atoms with Crippen LogP contribution in [0.3, 0.4) is 0 Å². The van der Waals surface area contributed by atoms with E-state index < -0.39 is 11.9 Å². The smallest absolute Gasteiger partial charge is 0.310 e. The number of rotatable bonds is 3. The molecule has 2 unspecified atom stereocenters. The zero-order valence-corrected chi connectivity index (χ0v) is 11.4. The zero-order chi connectivity index (χ0) is 14.3. The molecule has 2 aliphatic rings. The van der Waals surface area contributed by atoms with Gasteiger partial charge in [0.25, 0.3) is 5.91 Å². The van der Waals surface area contributed by atoms with Crippen LogP contribution in [0, 0.1) is 5.92 Å². The molecule has 3 rings (SSSR count). The molecule has 1 fully saturated rings. The maximum absolute atomic E-state index is 12.4. The average molecular weight is 271 g/mol. The minimum Gasteiger partial charge on any atom is -0.481 e. The number of aryl methyl sites for hydroxylation is 1. The van der Waals surface area contributed by atoms with Crippen LogP contribution in [0.25, 0.3) is 0 Å². The number of hydrogen-bond acceptors (Lipinski definition) is 2. The van der Waals surface area contributed by atoms with Crippen LogP contribution in [-0.2, 0) is 11.2 Å². The number of nitrogens with zero attached hydrogens (tertiary/aromatic N) is 1. The Morgan fingerprint density at radius 3 is 2.50 bits per heavy atom.